The van der Waals surface area contributed by atoms with Crippen molar-refractivity contribution >= 4 is 29.2 Å². The highest BCUT2D eigenvalue weighted by atomic mass is 16.5. The number of nitrogens with one attached hydrogen (secondary N) is 2. The molecule has 0 aliphatic carbocycles. The molecule has 0 aromatic heterocycles. The summed E-state index contributed by atoms with van der Waals surface area (Å²) in [5.41, 5.74) is 1.12. The quantitative estimate of drug-likeness (QED) is 0.688. The monoisotopic (exact) mass is 370 g/mol. The van der Waals surface area contributed by atoms with Gasteiger partial charge in [0.05, 0.1) is 17.4 Å². The van der Waals surface area contributed by atoms with Gasteiger partial charge in [-0.15, -0.1) is 0 Å². The smallest absolute Gasteiger partial charge is 0.335 e. The van der Waals surface area contributed by atoms with E-state index in [1.807, 2.05) is 13.8 Å². The Kier molecular flexibility index (Phi) is 6.54. The summed E-state index contributed by atoms with van der Waals surface area (Å²) in [6, 6.07) is 10.8. The average Bonchev–Trinajstić information content (AvgIpc) is 2.62. The van der Waals surface area contributed by atoms with Crippen LogP contribution in [0, 0.1) is 0 Å². The third-order valence-corrected chi connectivity index (χ3v) is 3.57. The summed E-state index contributed by atoms with van der Waals surface area (Å²) in [5.74, 6) is -1.34. The van der Waals surface area contributed by atoms with Crippen LogP contribution in [0.5, 0.6) is 5.75 Å². The minimum atomic E-state index is -1.11. The van der Waals surface area contributed by atoms with Gasteiger partial charge < -0.3 is 20.5 Å². The fourth-order valence-corrected chi connectivity index (χ4v) is 2.30. The molecule has 7 heteroatoms. The van der Waals surface area contributed by atoms with Crippen LogP contribution in [0.3, 0.4) is 0 Å². The molecule has 0 spiro atoms. The number of aromatic carboxylic acids is 1. The maximum Gasteiger partial charge on any atom is 0.335 e. The zero-order valence-corrected chi connectivity index (χ0v) is 15.4. The number of benzene rings is 2. The lowest BCUT2D eigenvalue weighted by Gasteiger charge is -2.16. The molecule has 142 valence electrons. The van der Waals surface area contributed by atoms with Crippen molar-refractivity contribution in [3.63, 3.8) is 0 Å². The van der Waals surface area contributed by atoms with Crippen molar-refractivity contribution in [1.82, 2.24) is 0 Å². The molecular formula is C20H22N2O5. The van der Waals surface area contributed by atoms with Gasteiger partial charge in [-0.1, -0.05) is 13.0 Å². The van der Waals surface area contributed by atoms with Gasteiger partial charge in [-0.05, 0) is 50.2 Å². The standard InChI is InChI=1S/C20H22N2O5/c1-4-18(23)21-15-7-5-6-13(10-15)19(24)22-16-11-14(20(25)26)8-9-17(16)27-12(2)3/h5-12H,4H2,1-3H3,(H,21,23)(H,22,24)(H,25,26). The molecule has 0 fully saturated rings. The SMILES string of the molecule is CCC(=O)Nc1cccc(C(=O)Nc2cc(C(=O)O)ccc2OC(C)C)c1. The molecule has 7 nitrogen and oxygen atoms in total. The van der Waals surface area contributed by atoms with E-state index < -0.39 is 11.9 Å². The van der Waals surface area contributed by atoms with Gasteiger partial charge in [0.2, 0.25) is 5.91 Å². The molecule has 0 atom stereocenters. The van der Waals surface area contributed by atoms with Gasteiger partial charge in [-0.3, -0.25) is 9.59 Å². The van der Waals surface area contributed by atoms with Crippen molar-refractivity contribution in [1.29, 1.82) is 0 Å². The predicted molar refractivity (Wildman–Crippen MR) is 102 cm³/mol. The molecule has 0 bridgehead atoms. The first-order chi connectivity index (χ1) is 12.8. The first-order valence-corrected chi connectivity index (χ1v) is 8.55. The van der Waals surface area contributed by atoms with Crippen molar-refractivity contribution in [3.8, 4) is 5.75 Å². The van der Waals surface area contributed by atoms with E-state index >= 15 is 0 Å². The highest BCUT2D eigenvalue weighted by Gasteiger charge is 2.15. The molecule has 3 N–H and O–H groups in total. The van der Waals surface area contributed by atoms with E-state index in [1.54, 1.807) is 31.2 Å². The van der Waals surface area contributed by atoms with Crippen molar-refractivity contribution in [2.75, 3.05) is 10.6 Å². The van der Waals surface area contributed by atoms with Crippen molar-refractivity contribution in [2.24, 2.45) is 0 Å². The Balaban J connectivity index is 2.28. The molecule has 0 heterocycles. The number of hydrogen-bond acceptors (Lipinski definition) is 4. The highest BCUT2D eigenvalue weighted by molar-refractivity contribution is 6.06. The molecule has 27 heavy (non-hydrogen) atoms. The molecule has 2 aromatic rings. The molecule has 0 radical (unpaired) electrons. The Morgan fingerprint density at radius 2 is 1.78 bits per heavy atom. The number of rotatable bonds is 7. The second-order valence-electron chi connectivity index (χ2n) is 6.12. The van der Waals surface area contributed by atoms with Crippen molar-refractivity contribution in [3.05, 3.63) is 53.6 Å². The van der Waals surface area contributed by atoms with E-state index in [2.05, 4.69) is 10.6 Å². The molecule has 2 aromatic carbocycles. The van der Waals surface area contributed by atoms with E-state index in [0.717, 1.165) is 0 Å². The largest absolute Gasteiger partial charge is 0.489 e. The summed E-state index contributed by atoms with van der Waals surface area (Å²) in [5, 5.41) is 14.6. The topological polar surface area (TPSA) is 105 Å². The third-order valence-electron chi connectivity index (χ3n) is 3.57. The molecule has 2 rings (SSSR count). The van der Waals surface area contributed by atoms with Gasteiger partial charge in [-0.2, -0.15) is 0 Å². The summed E-state index contributed by atoms with van der Waals surface area (Å²) in [6.07, 6.45) is 0.179. The summed E-state index contributed by atoms with van der Waals surface area (Å²) < 4.78 is 5.64. The number of carbonyl (C=O) groups excluding carboxylic acids is 2. The Morgan fingerprint density at radius 3 is 2.41 bits per heavy atom. The number of ether oxygens (including phenoxy) is 1. The highest BCUT2D eigenvalue weighted by Crippen LogP contribution is 2.28. The third kappa shape index (κ3) is 5.57. The number of carbonyl (C=O) groups is 3. The van der Waals surface area contributed by atoms with E-state index in [-0.39, 0.29) is 23.3 Å². The number of hydrogen-bond donors (Lipinski definition) is 3. The van der Waals surface area contributed by atoms with Crippen LogP contribution in [0.4, 0.5) is 11.4 Å². The summed E-state index contributed by atoms with van der Waals surface area (Å²) in [6.45, 7) is 5.39. The Morgan fingerprint density at radius 1 is 1.04 bits per heavy atom. The maximum atomic E-state index is 12.6. The van der Waals surface area contributed by atoms with Crippen LogP contribution >= 0.6 is 0 Å². The fourth-order valence-electron chi connectivity index (χ4n) is 2.30. The van der Waals surface area contributed by atoms with Crippen molar-refractivity contribution < 1.29 is 24.2 Å². The van der Waals surface area contributed by atoms with Gasteiger partial charge in [0.1, 0.15) is 5.75 Å². The minimum absolute atomic E-state index is 0.0327. The van der Waals surface area contributed by atoms with E-state index in [0.29, 0.717) is 23.4 Å². The number of carboxylic acids is 1. The average molecular weight is 370 g/mol. The van der Waals surface area contributed by atoms with Gasteiger partial charge in [0, 0.05) is 17.7 Å². The number of carboxylic acid groups (broad SMARTS) is 1. The van der Waals surface area contributed by atoms with Crippen LogP contribution in [0.2, 0.25) is 0 Å². The lowest BCUT2D eigenvalue weighted by atomic mass is 10.1. The van der Waals surface area contributed by atoms with Crippen LogP contribution in [-0.2, 0) is 4.79 Å². The zero-order chi connectivity index (χ0) is 20.0. The second kappa shape index (κ2) is 8.84. The van der Waals surface area contributed by atoms with Gasteiger partial charge in [0.15, 0.2) is 0 Å². The number of anilines is 2. The van der Waals surface area contributed by atoms with Crippen LogP contribution in [0.15, 0.2) is 42.5 Å². The lowest BCUT2D eigenvalue weighted by Crippen LogP contribution is -2.16. The van der Waals surface area contributed by atoms with Crippen LogP contribution < -0.4 is 15.4 Å². The first-order valence-electron chi connectivity index (χ1n) is 8.55. The number of amides is 2. The first kappa shape index (κ1) is 20.0. The minimum Gasteiger partial charge on any atom is -0.489 e. The Bertz CT molecular complexity index is 861. The summed E-state index contributed by atoms with van der Waals surface area (Å²) in [4.78, 5) is 35.4. The van der Waals surface area contributed by atoms with Gasteiger partial charge in [-0.25, -0.2) is 4.79 Å². The predicted octanol–water partition coefficient (Wildman–Crippen LogP) is 3.77. The fraction of sp³-hybridized carbons (Fsp3) is 0.250. The Hall–Kier alpha value is -3.35. The molecule has 0 saturated carbocycles. The lowest BCUT2D eigenvalue weighted by molar-refractivity contribution is -0.115. The van der Waals surface area contributed by atoms with E-state index in [9.17, 15) is 19.5 Å². The molecular weight excluding hydrogens is 348 g/mol. The van der Waals surface area contributed by atoms with Crippen LogP contribution in [-0.4, -0.2) is 29.0 Å². The van der Waals surface area contributed by atoms with Crippen LogP contribution in [0.1, 0.15) is 47.9 Å². The molecule has 0 aliphatic rings. The van der Waals surface area contributed by atoms with Crippen LogP contribution in [0.25, 0.3) is 0 Å². The van der Waals surface area contributed by atoms with Gasteiger partial charge in [0.25, 0.3) is 5.91 Å². The van der Waals surface area contributed by atoms with E-state index in [1.165, 1.54) is 18.2 Å². The normalized spacial score (nSPS) is 10.4. The molecule has 2 amide bonds. The van der Waals surface area contributed by atoms with Gasteiger partial charge >= 0.3 is 5.97 Å². The molecule has 0 aliphatic heterocycles. The van der Waals surface area contributed by atoms with Crippen molar-refractivity contribution in [2.45, 2.75) is 33.3 Å². The van der Waals surface area contributed by atoms with E-state index in [4.69, 9.17) is 4.74 Å². The zero-order valence-electron chi connectivity index (χ0n) is 15.4. The summed E-state index contributed by atoms with van der Waals surface area (Å²) in [7, 11) is 0. The molecule has 0 unspecified atom stereocenters. The molecule has 0 saturated heterocycles. The summed E-state index contributed by atoms with van der Waals surface area (Å²) >= 11 is 0. The maximum absolute atomic E-state index is 12.6. The second-order valence-corrected chi connectivity index (χ2v) is 6.12. The Labute approximate surface area is 157 Å².